The van der Waals surface area contributed by atoms with E-state index in [1.54, 1.807) is 6.92 Å². The first-order valence-electron chi connectivity index (χ1n) is 7.38. The lowest BCUT2D eigenvalue weighted by Crippen LogP contribution is -2.30. The van der Waals surface area contributed by atoms with Gasteiger partial charge in [0.1, 0.15) is 0 Å². The average molecular weight is 414 g/mol. The minimum atomic E-state index is -3.91. The summed E-state index contributed by atoms with van der Waals surface area (Å²) >= 11 is 2.23. The van der Waals surface area contributed by atoms with Crippen molar-refractivity contribution in [3.05, 3.63) is 23.4 Å². The molecule has 3 rings (SSSR count). The molecule has 3 heterocycles. The highest BCUT2D eigenvalue weighted by atomic mass is 32.2. The van der Waals surface area contributed by atoms with Gasteiger partial charge in [-0.1, -0.05) is 29.5 Å². The van der Waals surface area contributed by atoms with Gasteiger partial charge in [0, 0.05) is 13.5 Å². The number of sulfonamides is 1. The molecule has 1 amide bonds. The number of thiophene rings is 1. The molecule has 10 nitrogen and oxygen atoms in total. The molecule has 13 heteroatoms. The van der Waals surface area contributed by atoms with E-state index in [-0.39, 0.29) is 34.4 Å². The minimum absolute atomic E-state index is 0.0910. The van der Waals surface area contributed by atoms with Crippen molar-refractivity contribution in [3.8, 4) is 10.7 Å². The van der Waals surface area contributed by atoms with Crippen LogP contribution in [-0.2, 0) is 21.4 Å². The molecule has 0 saturated heterocycles. The van der Waals surface area contributed by atoms with E-state index in [1.807, 2.05) is 17.5 Å². The van der Waals surface area contributed by atoms with E-state index in [0.717, 1.165) is 20.5 Å². The number of nitrogens with one attached hydrogen (secondary N) is 1. The molecule has 0 aliphatic rings. The highest BCUT2D eigenvalue weighted by Gasteiger charge is 2.29. The van der Waals surface area contributed by atoms with E-state index in [1.165, 1.54) is 18.3 Å². The van der Waals surface area contributed by atoms with E-state index in [0.29, 0.717) is 5.82 Å². The van der Waals surface area contributed by atoms with Crippen molar-refractivity contribution in [3.63, 3.8) is 0 Å². The van der Waals surface area contributed by atoms with Gasteiger partial charge in [0.05, 0.1) is 11.4 Å². The number of amides is 1. The van der Waals surface area contributed by atoms with Crippen LogP contribution in [0.3, 0.4) is 0 Å². The molecular weight excluding hydrogens is 400 g/mol. The van der Waals surface area contributed by atoms with Crippen molar-refractivity contribution in [1.29, 1.82) is 0 Å². The lowest BCUT2D eigenvalue weighted by molar-refractivity contribution is -0.114. The maximum atomic E-state index is 12.7. The van der Waals surface area contributed by atoms with E-state index in [4.69, 9.17) is 4.52 Å². The number of carbonyl (C=O) groups excluding carboxylic acids is 1. The van der Waals surface area contributed by atoms with E-state index in [9.17, 15) is 13.2 Å². The summed E-state index contributed by atoms with van der Waals surface area (Å²) in [6.45, 7) is 3.07. The normalized spacial score (nSPS) is 11.8. The summed E-state index contributed by atoms with van der Waals surface area (Å²) in [6.07, 6.45) is 0. The number of carbonyl (C=O) groups is 1. The number of anilines is 1. The van der Waals surface area contributed by atoms with Crippen LogP contribution in [0.25, 0.3) is 10.7 Å². The Morgan fingerprint density at radius 1 is 1.38 bits per heavy atom. The molecule has 3 aromatic rings. The Balaban J connectivity index is 1.79. The van der Waals surface area contributed by atoms with Gasteiger partial charge in [-0.05, 0) is 11.4 Å². The number of hydrogen-bond donors (Lipinski definition) is 1. The van der Waals surface area contributed by atoms with Crippen molar-refractivity contribution in [2.24, 2.45) is 0 Å². The predicted molar refractivity (Wildman–Crippen MR) is 95.1 cm³/mol. The second-order valence-corrected chi connectivity index (χ2v) is 9.01. The molecule has 0 spiro atoms. The van der Waals surface area contributed by atoms with Crippen LogP contribution in [0.1, 0.15) is 19.7 Å². The molecule has 0 atom stereocenters. The Morgan fingerprint density at radius 3 is 2.85 bits per heavy atom. The van der Waals surface area contributed by atoms with Crippen molar-refractivity contribution >= 4 is 43.7 Å². The Kier molecular flexibility index (Phi) is 5.41. The van der Waals surface area contributed by atoms with Gasteiger partial charge >= 0.3 is 0 Å². The van der Waals surface area contributed by atoms with E-state index < -0.39 is 10.0 Å². The zero-order valence-corrected chi connectivity index (χ0v) is 16.2. The van der Waals surface area contributed by atoms with Crippen LogP contribution >= 0.6 is 22.7 Å². The molecule has 0 aliphatic heterocycles. The van der Waals surface area contributed by atoms with Crippen LogP contribution in [-0.4, -0.2) is 45.5 Å². The smallest absolute Gasteiger partial charge is 0.272 e. The van der Waals surface area contributed by atoms with E-state index in [2.05, 4.69) is 25.7 Å². The molecule has 0 saturated carbocycles. The third kappa shape index (κ3) is 3.95. The molecule has 0 unspecified atom stereocenters. The highest BCUT2D eigenvalue weighted by molar-refractivity contribution is 7.91. The van der Waals surface area contributed by atoms with E-state index >= 15 is 0 Å². The zero-order valence-electron chi connectivity index (χ0n) is 13.7. The largest absolute Gasteiger partial charge is 0.337 e. The van der Waals surface area contributed by atoms with Gasteiger partial charge in [-0.25, -0.2) is 8.42 Å². The molecule has 0 bridgehead atoms. The summed E-state index contributed by atoms with van der Waals surface area (Å²) in [4.78, 5) is 16.1. The lowest BCUT2D eigenvalue weighted by atomic mass is 10.4. The Morgan fingerprint density at radius 2 is 2.19 bits per heavy atom. The first kappa shape index (κ1) is 18.6. The monoisotopic (exact) mass is 414 g/mol. The van der Waals surface area contributed by atoms with Crippen LogP contribution in [0.15, 0.2) is 26.4 Å². The summed E-state index contributed by atoms with van der Waals surface area (Å²) < 4.78 is 31.6. The third-order valence-electron chi connectivity index (χ3n) is 3.12. The topological polar surface area (TPSA) is 131 Å². The molecular formula is C13H14N6O4S3. The highest BCUT2D eigenvalue weighted by Crippen LogP contribution is 2.25. The molecule has 0 aromatic carbocycles. The van der Waals surface area contributed by atoms with Gasteiger partial charge in [0.15, 0.2) is 0 Å². The Bertz CT molecular complexity index is 995. The van der Waals surface area contributed by atoms with Crippen LogP contribution in [0.4, 0.5) is 5.13 Å². The maximum Gasteiger partial charge on any atom is 0.272 e. The molecule has 26 heavy (non-hydrogen) atoms. The molecule has 0 aliphatic carbocycles. The van der Waals surface area contributed by atoms with Gasteiger partial charge in [-0.15, -0.1) is 21.5 Å². The lowest BCUT2D eigenvalue weighted by Gasteiger charge is -2.15. The summed E-state index contributed by atoms with van der Waals surface area (Å²) in [7, 11) is -3.91. The zero-order chi connectivity index (χ0) is 18.7. The molecule has 0 fully saturated rings. The number of hydrogen-bond acceptors (Lipinski definition) is 10. The molecule has 3 aromatic heterocycles. The Hall–Kier alpha value is -2.22. The second-order valence-electron chi connectivity index (χ2n) is 4.97. The molecule has 138 valence electrons. The van der Waals surface area contributed by atoms with Crippen LogP contribution in [0, 0.1) is 0 Å². The first-order chi connectivity index (χ1) is 12.4. The number of nitrogens with zero attached hydrogens (tertiary/aromatic N) is 5. The summed E-state index contributed by atoms with van der Waals surface area (Å²) in [5.41, 5.74) is 0. The van der Waals surface area contributed by atoms with Crippen LogP contribution in [0.5, 0.6) is 0 Å². The van der Waals surface area contributed by atoms with Crippen LogP contribution < -0.4 is 5.32 Å². The summed E-state index contributed by atoms with van der Waals surface area (Å²) in [5.74, 6) is 0.224. The van der Waals surface area contributed by atoms with Gasteiger partial charge in [0.25, 0.3) is 10.0 Å². The van der Waals surface area contributed by atoms with Gasteiger partial charge in [0.2, 0.25) is 27.1 Å². The first-order valence-corrected chi connectivity index (χ1v) is 10.5. The fourth-order valence-corrected chi connectivity index (χ4v) is 5.10. The fourth-order valence-electron chi connectivity index (χ4n) is 1.97. The van der Waals surface area contributed by atoms with Crippen molar-refractivity contribution < 1.29 is 17.7 Å². The second kappa shape index (κ2) is 7.57. The maximum absolute atomic E-state index is 12.7. The quantitative estimate of drug-likeness (QED) is 0.579. The van der Waals surface area contributed by atoms with Gasteiger partial charge in [-0.2, -0.15) is 9.29 Å². The summed E-state index contributed by atoms with van der Waals surface area (Å²) in [6, 6.07) is 3.71. The van der Waals surface area contributed by atoms with Crippen LogP contribution in [0.2, 0.25) is 0 Å². The minimum Gasteiger partial charge on any atom is -0.337 e. The van der Waals surface area contributed by atoms with Crippen molar-refractivity contribution in [1.82, 2.24) is 24.6 Å². The van der Waals surface area contributed by atoms with Gasteiger partial charge in [-0.3, -0.25) is 4.79 Å². The predicted octanol–water partition coefficient (Wildman–Crippen LogP) is 1.82. The third-order valence-corrected chi connectivity index (χ3v) is 7.10. The molecule has 0 radical (unpaired) electrons. The standard InChI is InChI=1S/C13H14N6O4S3/c1-3-19(7-10-15-11(18-23-10)9-5-4-6-24-9)26(21,22)13-17-16-12(25-13)14-8(2)20/h4-6H,3,7H2,1-2H3,(H,14,16,20). The fraction of sp³-hybridized carbons (Fsp3) is 0.308. The van der Waals surface area contributed by atoms with Crippen molar-refractivity contribution in [2.45, 2.75) is 24.7 Å². The average Bonchev–Trinajstić information content (AvgIpc) is 3.32. The van der Waals surface area contributed by atoms with Gasteiger partial charge < -0.3 is 9.84 Å². The number of aromatic nitrogens is 4. The Labute approximate surface area is 156 Å². The number of rotatable bonds is 7. The summed E-state index contributed by atoms with van der Waals surface area (Å²) in [5, 5.41) is 15.6. The SMILES string of the molecule is CCN(Cc1nc(-c2cccs2)no1)S(=O)(=O)c1nnc(NC(C)=O)s1. The van der Waals surface area contributed by atoms with Crippen molar-refractivity contribution in [2.75, 3.05) is 11.9 Å². The molecule has 1 N–H and O–H groups in total.